The van der Waals surface area contributed by atoms with Gasteiger partial charge in [-0.3, -0.25) is 9.79 Å². The fourth-order valence-corrected chi connectivity index (χ4v) is 3.56. The highest BCUT2D eigenvalue weighted by atomic mass is 32.1. The van der Waals surface area contributed by atoms with E-state index in [0.717, 1.165) is 51.4 Å². The average molecular weight is 322 g/mol. The molecule has 122 valence electrons. The lowest BCUT2D eigenvalue weighted by Gasteiger charge is -2.34. The Hall–Kier alpha value is -1.56. The molecule has 5 nitrogen and oxygen atoms in total. The number of guanidine groups is 1. The van der Waals surface area contributed by atoms with Gasteiger partial charge in [0.15, 0.2) is 5.96 Å². The quantitative estimate of drug-likeness (QED) is 0.620. The number of nitrogens with one attached hydrogen (secondary N) is 1. The lowest BCUT2D eigenvalue weighted by molar-refractivity contribution is -0.119. The van der Waals surface area contributed by atoms with Gasteiger partial charge in [-0.05, 0) is 37.1 Å². The van der Waals surface area contributed by atoms with Crippen LogP contribution in [0.4, 0.5) is 0 Å². The maximum Gasteiger partial charge on any atom is 0.217 e. The summed E-state index contributed by atoms with van der Waals surface area (Å²) in [6.07, 6.45) is 3.62. The Bertz CT molecular complexity index is 486. The molecule has 1 aliphatic heterocycles. The normalized spacial score (nSPS) is 19.2. The summed E-state index contributed by atoms with van der Waals surface area (Å²) < 4.78 is 0. The zero-order chi connectivity index (χ0) is 15.8. The van der Waals surface area contributed by atoms with Crippen molar-refractivity contribution in [3.8, 4) is 0 Å². The molecule has 0 saturated carbocycles. The Labute approximate surface area is 136 Å². The van der Waals surface area contributed by atoms with E-state index in [-0.39, 0.29) is 5.91 Å². The van der Waals surface area contributed by atoms with E-state index < -0.39 is 0 Å². The largest absolute Gasteiger partial charge is 0.370 e. The van der Waals surface area contributed by atoms with E-state index in [4.69, 9.17) is 10.7 Å². The smallest absolute Gasteiger partial charge is 0.217 e. The maximum absolute atomic E-state index is 11.1. The lowest BCUT2D eigenvalue weighted by atomic mass is 9.95. The number of carbonyl (C=O) groups is 1. The van der Waals surface area contributed by atoms with Crippen LogP contribution in [-0.2, 0) is 11.2 Å². The summed E-state index contributed by atoms with van der Waals surface area (Å²) >= 11 is 1.78. The molecule has 22 heavy (non-hydrogen) atoms. The van der Waals surface area contributed by atoms with Gasteiger partial charge in [-0.2, -0.15) is 0 Å². The van der Waals surface area contributed by atoms with Crippen LogP contribution in [0.1, 0.15) is 31.1 Å². The van der Waals surface area contributed by atoms with Gasteiger partial charge in [-0.25, -0.2) is 0 Å². The number of rotatable bonds is 6. The summed E-state index contributed by atoms with van der Waals surface area (Å²) in [5.41, 5.74) is 5.34. The molecule has 1 fully saturated rings. The SMILES string of the molecule is CCNC(=NCCc1cccs1)N1CCCC(CC(N)=O)C1. The minimum atomic E-state index is -0.202. The van der Waals surface area contributed by atoms with Crippen molar-refractivity contribution in [3.63, 3.8) is 0 Å². The molecule has 0 aromatic carbocycles. The van der Waals surface area contributed by atoms with Crippen LogP contribution in [0.15, 0.2) is 22.5 Å². The Balaban J connectivity index is 1.92. The van der Waals surface area contributed by atoms with Crippen LogP contribution in [0.25, 0.3) is 0 Å². The third kappa shape index (κ3) is 5.33. The first-order chi connectivity index (χ1) is 10.7. The van der Waals surface area contributed by atoms with Gasteiger partial charge in [0.05, 0.1) is 0 Å². The molecular formula is C16H26N4OS. The van der Waals surface area contributed by atoms with E-state index >= 15 is 0 Å². The number of nitrogens with two attached hydrogens (primary N) is 1. The highest BCUT2D eigenvalue weighted by molar-refractivity contribution is 7.09. The Morgan fingerprint density at radius 2 is 2.45 bits per heavy atom. The van der Waals surface area contributed by atoms with Crippen LogP contribution in [-0.4, -0.2) is 42.9 Å². The first-order valence-electron chi connectivity index (χ1n) is 8.03. The van der Waals surface area contributed by atoms with Crippen molar-refractivity contribution in [1.29, 1.82) is 0 Å². The second kappa shape index (κ2) is 8.78. The van der Waals surface area contributed by atoms with Crippen molar-refractivity contribution in [2.75, 3.05) is 26.2 Å². The van der Waals surface area contributed by atoms with Gasteiger partial charge >= 0.3 is 0 Å². The van der Waals surface area contributed by atoms with Crippen molar-refractivity contribution in [2.45, 2.75) is 32.6 Å². The monoisotopic (exact) mass is 322 g/mol. The van der Waals surface area contributed by atoms with Crippen LogP contribution in [0.3, 0.4) is 0 Å². The van der Waals surface area contributed by atoms with Crippen LogP contribution in [0, 0.1) is 5.92 Å². The molecule has 1 aromatic rings. The number of amides is 1. The van der Waals surface area contributed by atoms with Crippen LogP contribution < -0.4 is 11.1 Å². The van der Waals surface area contributed by atoms with Crippen LogP contribution in [0.5, 0.6) is 0 Å². The molecule has 0 spiro atoms. The predicted octanol–water partition coefficient (Wildman–Crippen LogP) is 1.84. The predicted molar refractivity (Wildman–Crippen MR) is 92.1 cm³/mol. The molecule has 1 amide bonds. The second-order valence-corrected chi connectivity index (χ2v) is 6.72. The second-order valence-electron chi connectivity index (χ2n) is 5.69. The molecule has 0 radical (unpaired) electrons. The van der Waals surface area contributed by atoms with E-state index in [1.54, 1.807) is 11.3 Å². The van der Waals surface area contributed by atoms with E-state index in [1.165, 1.54) is 4.88 Å². The topological polar surface area (TPSA) is 70.7 Å². The van der Waals surface area contributed by atoms with Gasteiger partial charge in [0.1, 0.15) is 0 Å². The number of primary amides is 1. The number of carbonyl (C=O) groups excluding carboxylic acids is 1. The summed E-state index contributed by atoms with van der Waals surface area (Å²) in [5.74, 6) is 1.12. The van der Waals surface area contributed by atoms with Crippen molar-refractivity contribution in [1.82, 2.24) is 10.2 Å². The van der Waals surface area contributed by atoms with Gasteiger partial charge in [-0.15, -0.1) is 11.3 Å². The van der Waals surface area contributed by atoms with Crippen molar-refractivity contribution in [3.05, 3.63) is 22.4 Å². The number of hydrogen-bond donors (Lipinski definition) is 2. The molecule has 0 aliphatic carbocycles. The molecule has 2 heterocycles. The summed E-state index contributed by atoms with van der Waals surface area (Å²) in [7, 11) is 0. The van der Waals surface area contributed by atoms with Crippen molar-refractivity contribution >= 4 is 23.2 Å². The van der Waals surface area contributed by atoms with E-state index in [2.05, 4.69) is 34.7 Å². The summed E-state index contributed by atoms with van der Waals surface area (Å²) in [6.45, 7) is 5.60. The molecule has 1 unspecified atom stereocenters. The average Bonchev–Trinajstić information content (AvgIpc) is 2.99. The third-order valence-electron chi connectivity index (χ3n) is 3.84. The molecule has 0 bridgehead atoms. The molecule has 1 aliphatic rings. The van der Waals surface area contributed by atoms with E-state index in [0.29, 0.717) is 12.3 Å². The summed E-state index contributed by atoms with van der Waals surface area (Å²) in [4.78, 5) is 19.5. The highest BCUT2D eigenvalue weighted by Gasteiger charge is 2.23. The molecular weight excluding hydrogens is 296 g/mol. The molecule has 3 N–H and O–H groups in total. The molecule has 6 heteroatoms. The number of likely N-dealkylation sites (tertiary alicyclic amines) is 1. The van der Waals surface area contributed by atoms with E-state index in [1.807, 2.05) is 0 Å². The Morgan fingerprint density at radius 3 is 3.14 bits per heavy atom. The molecule has 1 atom stereocenters. The van der Waals surface area contributed by atoms with Crippen molar-refractivity contribution < 1.29 is 4.79 Å². The van der Waals surface area contributed by atoms with Gasteiger partial charge in [0.2, 0.25) is 5.91 Å². The molecule has 2 rings (SSSR count). The maximum atomic E-state index is 11.1. The number of nitrogens with zero attached hydrogens (tertiary/aromatic N) is 2. The van der Waals surface area contributed by atoms with Crippen LogP contribution >= 0.6 is 11.3 Å². The Kier molecular flexibility index (Phi) is 6.71. The van der Waals surface area contributed by atoms with Gasteiger partial charge in [0, 0.05) is 43.9 Å². The standard InChI is InChI=1S/C16H26N4OS/c1-2-18-16(19-8-7-14-6-4-10-22-14)20-9-3-5-13(12-20)11-15(17)21/h4,6,10,13H,2-3,5,7-9,11-12H2,1H3,(H2,17,21)(H,18,19). The lowest BCUT2D eigenvalue weighted by Crippen LogP contribution is -2.47. The fraction of sp³-hybridized carbons (Fsp3) is 0.625. The molecule has 1 saturated heterocycles. The molecule has 1 aromatic heterocycles. The van der Waals surface area contributed by atoms with Gasteiger partial charge in [0.25, 0.3) is 0 Å². The van der Waals surface area contributed by atoms with Crippen LogP contribution in [0.2, 0.25) is 0 Å². The highest BCUT2D eigenvalue weighted by Crippen LogP contribution is 2.19. The number of aliphatic imine (C=N–C) groups is 1. The number of hydrogen-bond acceptors (Lipinski definition) is 3. The van der Waals surface area contributed by atoms with Gasteiger partial charge < -0.3 is 16.0 Å². The Morgan fingerprint density at radius 1 is 1.59 bits per heavy atom. The van der Waals surface area contributed by atoms with Crippen molar-refractivity contribution in [2.24, 2.45) is 16.6 Å². The third-order valence-corrected chi connectivity index (χ3v) is 4.78. The first-order valence-corrected chi connectivity index (χ1v) is 8.91. The zero-order valence-electron chi connectivity index (χ0n) is 13.3. The first kappa shape index (κ1) is 16.8. The van der Waals surface area contributed by atoms with Gasteiger partial charge in [-0.1, -0.05) is 6.07 Å². The summed E-state index contributed by atoms with van der Waals surface area (Å²) in [6, 6.07) is 4.23. The van der Waals surface area contributed by atoms with E-state index in [9.17, 15) is 4.79 Å². The number of thiophene rings is 1. The zero-order valence-corrected chi connectivity index (χ0v) is 14.1. The minimum absolute atomic E-state index is 0.202. The minimum Gasteiger partial charge on any atom is -0.370 e. The number of piperidine rings is 1. The summed E-state index contributed by atoms with van der Waals surface area (Å²) in [5, 5.41) is 5.47. The fourth-order valence-electron chi connectivity index (χ4n) is 2.86.